The first-order valence-corrected chi connectivity index (χ1v) is 6.40. The molecule has 0 amide bonds. The standard InChI is InChI=1S/C12H15BrF3N/c1-17(9-12(14,15)16)8-11(7-13)10-5-3-2-4-6-10/h2-6,11H,7-9H2,1H3. The van der Waals surface area contributed by atoms with Crippen LogP contribution in [0.1, 0.15) is 11.5 Å². The second-order valence-corrected chi connectivity index (χ2v) is 4.72. The molecule has 0 N–H and O–H groups in total. The van der Waals surface area contributed by atoms with E-state index in [0.29, 0.717) is 11.9 Å². The molecule has 17 heavy (non-hydrogen) atoms. The first kappa shape index (κ1) is 14.5. The van der Waals surface area contributed by atoms with Crippen LogP contribution in [0.15, 0.2) is 30.3 Å². The fourth-order valence-electron chi connectivity index (χ4n) is 1.72. The van der Waals surface area contributed by atoms with Crippen molar-refractivity contribution in [1.82, 2.24) is 4.90 Å². The van der Waals surface area contributed by atoms with Crippen LogP contribution < -0.4 is 0 Å². The van der Waals surface area contributed by atoms with Crippen molar-refractivity contribution < 1.29 is 13.2 Å². The summed E-state index contributed by atoms with van der Waals surface area (Å²) in [5.74, 6) is 0.0727. The Morgan fingerprint density at radius 3 is 2.29 bits per heavy atom. The van der Waals surface area contributed by atoms with Crippen LogP contribution >= 0.6 is 15.9 Å². The van der Waals surface area contributed by atoms with Gasteiger partial charge in [0.2, 0.25) is 0 Å². The summed E-state index contributed by atoms with van der Waals surface area (Å²) in [5, 5.41) is 0.652. The Balaban J connectivity index is 2.59. The van der Waals surface area contributed by atoms with Gasteiger partial charge in [-0.15, -0.1) is 0 Å². The Kier molecular flexibility index (Phi) is 5.46. The van der Waals surface area contributed by atoms with Crippen LogP contribution in [-0.2, 0) is 0 Å². The molecule has 0 aromatic heterocycles. The Morgan fingerprint density at radius 2 is 1.82 bits per heavy atom. The molecule has 1 aromatic rings. The fourth-order valence-corrected chi connectivity index (χ4v) is 2.29. The summed E-state index contributed by atoms with van der Waals surface area (Å²) in [6.45, 7) is -0.488. The highest BCUT2D eigenvalue weighted by molar-refractivity contribution is 9.09. The van der Waals surface area contributed by atoms with Gasteiger partial charge in [-0.1, -0.05) is 46.3 Å². The minimum absolute atomic E-state index is 0.0727. The number of benzene rings is 1. The van der Waals surface area contributed by atoms with Crippen LogP contribution in [-0.4, -0.2) is 36.5 Å². The Hall–Kier alpha value is -0.550. The molecule has 0 heterocycles. The van der Waals surface area contributed by atoms with Crippen LogP contribution in [0.5, 0.6) is 0 Å². The van der Waals surface area contributed by atoms with Crippen LogP contribution in [0.25, 0.3) is 0 Å². The molecule has 0 fully saturated rings. The maximum absolute atomic E-state index is 12.2. The summed E-state index contributed by atoms with van der Waals surface area (Å²) in [6, 6.07) is 9.57. The summed E-state index contributed by atoms with van der Waals surface area (Å²) in [6.07, 6.45) is -4.14. The third kappa shape index (κ3) is 5.55. The zero-order chi connectivity index (χ0) is 12.9. The topological polar surface area (TPSA) is 3.24 Å². The van der Waals surface area contributed by atoms with Gasteiger partial charge in [0, 0.05) is 17.8 Å². The van der Waals surface area contributed by atoms with Crippen LogP contribution in [0.4, 0.5) is 13.2 Å². The molecule has 0 radical (unpaired) electrons. The Labute approximate surface area is 108 Å². The first-order valence-electron chi connectivity index (χ1n) is 5.28. The molecule has 0 spiro atoms. The molecule has 0 saturated heterocycles. The molecule has 5 heteroatoms. The number of hydrogen-bond acceptors (Lipinski definition) is 1. The smallest absolute Gasteiger partial charge is 0.297 e. The summed E-state index contributed by atoms with van der Waals surface area (Å²) >= 11 is 3.35. The van der Waals surface area contributed by atoms with E-state index in [1.54, 1.807) is 0 Å². The summed E-state index contributed by atoms with van der Waals surface area (Å²) in [4.78, 5) is 1.30. The van der Waals surface area contributed by atoms with Crippen molar-refractivity contribution in [3.05, 3.63) is 35.9 Å². The minimum atomic E-state index is -4.14. The van der Waals surface area contributed by atoms with Crippen molar-refractivity contribution in [2.75, 3.05) is 25.5 Å². The van der Waals surface area contributed by atoms with Gasteiger partial charge in [0.25, 0.3) is 0 Å². The van der Waals surface area contributed by atoms with Gasteiger partial charge in [-0.2, -0.15) is 13.2 Å². The lowest BCUT2D eigenvalue weighted by Gasteiger charge is -2.23. The number of nitrogens with zero attached hydrogens (tertiary/aromatic N) is 1. The summed E-state index contributed by atoms with van der Waals surface area (Å²) in [7, 11) is 1.49. The van der Waals surface area contributed by atoms with Crippen LogP contribution in [0, 0.1) is 0 Å². The van der Waals surface area contributed by atoms with Gasteiger partial charge in [0.15, 0.2) is 0 Å². The third-order valence-electron chi connectivity index (χ3n) is 2.44. The predicted octanol–water partition coefficient (Wildman–Crippen LogP) is 3.66. The quantitative estimate of drug-likeness (QED) is 0.750. The monoisotopic (exact) mass is 309 g/mol. The van der Waals surface area contributed by atoms with Crippen molar-refractivity contribution in [1.29, 1.82) is 0 Å². The molecule has 1 aromatic carbocycles. The molecule has 1 rings (SSSR count). The molecule has 1 nitrogen and oxygen atoms in total. The van der Waals surface area contributed by atoms with Gasteiger partial charge in [0.1, 0.15) is 0 Å². The largest absolute Gasteiger partial charge is 0.401 e. The van der Waals surface area contributed by atoms with Crippen molar-refractivity contribution in [2.45, 2.75) is 12.1 Å². The van der Waals surface area contributed by atoms with E-state index >= 15 is 0 Å². The lowest BCUT2D eigenvalue weighted by atomic mass is 10.0. The molecule has 1 atom stereocenters. The summed E-state index contributed by atoms with van der Waals surface area (Å²) < 4.78 is 36.6. The second kappa shape index (κ2) is 6.40. The number of alkyl halides is 4. The van der Waals surface area contributed by atoms with Crippen molar-refractivity contribution >= 4 is 15.9 Å². The SMILES string of the molecule is CN(CC(CBr)c1ccccc1)CC(F)(F)F. The second-order valence-electron chi connectivity index (χ2n) is 4.07. The van der Waals surface area contributed by atoms with E-state index in [0.717, 1.165) is 5.56 Å². The minimum Gasteiger partial charge on any atom is -0.297 e. The van der Waals surface area contributed by atoms with E-state index in [4.69, 9.17) is 0 Å². The molecule has 0 aliphatic rings. The van der Waals surface area contributed by atoms with Crippen LogP contribution in [0.3, 0.4) is 0 Å². The maximum Gasteiger partial charge on any atom is 0.401 e. The van der Waals surface area contributed by atoms with Crippen LogP contribution in [0.2, 0.25) is 0 Å². The van der Waals surface area contributed by atoms with Gasteiger partial charge in [-0.05, 0) is 12.6 Å². The van der Waals surface area contributed by atoms with Gasteiger partial charge in [-0.25, -0.2) is 0 Å². The van der Waals surface area contributed by atoms with E-state index in [9.17, 15) is 13.2 Å². The lowest BCUT2D eigenvalue weighted by molar-refractivity contribution is -0.143. The molecule has 0 aliphatic carbocycles. The summed E-state index contributed by atoms with van der Waals surface area (Å²) in [5.41, 5.74) is 1.05. The van der Waals surface area contributed by atoms with Crippen molar-refractivity contribution in [2.24, 2.45) is 0 Å². The van der Waals surface area contributed by atoms with Crippen molar-refractivity contribution in [3.63, 3.8) is 0 Å². The number of hydrogen-bond donors (Lipinski definition) is 0. The molecule has 0 aliphatic heterocycles. The third-order valence-corrected chi connectivity index (χ3v) is 3.22. The highest BCUT2D eigenvalue weighted by Crippen LogP contribution is 2.21. The Bertz CT molecular complexity index is 326. The molecule has 0 bridgehead atoms. The van der Waals surface area contributed by atoms with E-state index in [1.807, 2.05) is 30.3 Å². The average Bonchev–Trinajstić information content (AvgIpc) is 2.24. The molecule has 0 saturated carbocycles. The first-order chi connectivity index (χ1) is 7.92. The molecular formula is C12H15BrF3N. The van der Waals surface area contributed by atoms with Gasteiger partial charge >= 0.3 is 6.18 Å². The number of likely N-dealkylation sites (N-methyl/N-ethyl adjacent to an activating group) is 1. The van der Waals surface area contributed by atoms with Gasteiger partial charge in [-0.3, -0.25) is 4.90 Å². The predicted molar refractivity (Wildman–Crippen MR) is 66.5 cm³/mol. The maximum atomic E-state index is 12.2. The molecular weight excluding hydrogens is 295 g/mol. The normalized spacial score (nSPS) is 14.0. The lowest BCUT2D eigenvalue weighted by Crippen LogP contribution is -2.34. The molecule has 1 unspecified atom stereocenters. The highest BCUT2D eigenvalue weighted by atomic mass is 79.9. The average molecular weight is 310 g/mol. The highest BCUT2D eigenvalue weighted by Gasteiger charge is 2.29. The van der Waals surface area contributed by atoms with Crippen molar-refractivity contribution in [3.8, 4) is 0 Å². The Morgan fingerprint density at radius 1 is 1.24 bits per heavy atom. The van der Waals surface area contributed by atoms with E-state index in [2.05, 4.69) is 15.9 Å². The van der Waals surface area contributed by atoms with E-state index in [1.165, 1.54) is 11.9 Å². The van der Waals surface area contributed by atoms with E-state index in [-0.39, 0.29) is 5.92 Å². The zero-order valence-corrected chi connectivity index (χ0v) is 11.1. The number of halogens is 4. The molecule has 96 valence electrons. The number of rotatable bonds is 5. The fraction of sp³-hybridized carbons (Fsp3) is 0.500. The zero-order valence-electron chi connectivity index (χ0n) is 9.54. The van der Waals surface area contributed by atoms with Gasteiger partial charge < -0.3 is 0 Å². The van der Waals surface area contributed by atoms with Gasteiger partial charge in [0.05, 0.1) is 6.54 Å². The van der Waals surface area contributed by atoms with E-state index < -0.39 is 12.7 Å².